The Morgan fingerprint density at radius 2 is 0.787 bits per heavy atom. The molecule has 0 aromatic heterocycles. The summed E-state index contributed by atoms with van der Waals surface area (Å²) in [6.45, 7) is -2.13. The predicted molar refractivity (Wildman–Crippen MR) is 100 cm³/mol. The first-order chi connectivity index (χ1) is 19.9. The second-order valence-electron chi connectivity index (χ2n) is 9.51. The number of aliphatic hydroxyl groups is 3. The maximum Gasteiger partial charge on any atom is 0.438 e. The highest BCUT2D eigenvalue weighted by Crippen LogP contribution is 2.68. The Kier molecular flexibility index (Phi) is 14.6. The summed E-state index contributed by atoms with van der Waals surface area (Å²) in [5.41, 5.74) is -9.06. The molecule has 0 aliphatic heterocycles. The van der Waals surface area contributed by atoms with Gasteiger partial charge in [-0.2, -0.15) is 96.6 Å². The summed E-state index contributed by atoms with van der Waals surface area (Å²) in [6.07, 6.45) is -24.8. The minimum atomic E-state index is -9.52. The van der Waals surface area contributed by atoms with Crippen LogP contribution in [0.4, 0.5) is 101 Å². The van der Waals surface area contributed by atoms with Gasteiger partial charge in [-0.25, -0.2) is 4.39 Å². The third-order valence-electron chi connectivity index (χ3n) is 6.27. The molecule has 286 valence electrons. The Labute approximate surface area is 262 Å². The van der Waals surface area contributed by atoms with Gasteiger partial charge >= 0.3 is 65.4 Å². The molecule has 0 saturated heterocycles. The van der Waals surface area contributed by atoms with Crippen LogP contribution in [0, 0.1) is 0 Å². The maximum atomic E-state index is 14.0. The molecule has 0 fully saturated rings. The van der Waals surface area contributed by atoms with E-state index in [9.17, 15) is 106 Å². The van der Waals surface area contributed by atoms with Crippen LogP contribution in [0.1, 0.15) is 19.3 Å². The van der Waals surface area contributed by atoms with Crippen LogP contribution in [0.25, 0.3) is 0 Å². The highest BCUT2D eigenvalue weighted by Gasteiger charge is 3.00. The summed E-state index contributed by atoms with van der Waals surface area (Å²) in [7, 11) is 0. The van der Waals surface area contributed by atoms with Gasteiger partial charge in [-0.3, -0.25) is 0 Å². The van der Waals surface area contributed by atoms with Crippen molar-refractivity contribution in [1.82, 2.24) is 0 Å². The number of halogens is 24. The molecule has 0 aliphatic rings. The van der Waals surface area contributed by atoms with Gasteiger partial charge in [0, 0.05) is 25.9 Å². The SMILES string of the molecule is OCCC(CO)[NH2+]CCC(O)CC(F)(F)C(F)(F)C(F)(F)C(F)(F)C(F)(F)C(F)(F)C(F)(F)C(F)(F)C(F)(C(F)(F)F)C(F)(F)F.[I-]. The fourth-order valence-corrected chi connectivity index (χ4v) is 3.45. The van der Waals surface area contributed by atoms with Gasteiger partial charge in [-0.05, 0) is 0 Å². The van der Waals surface area contributed by atoms with Crippen molar-refractivity contribution in [3.05, 3.63) is 0 Å². The zero-order valence-corrected chi connectivity index (χ0v) is 24.0. The van der Waals surface area contributed by atoms with E-state index in [-0.39, 0.29) is 30.4 Å². The monoisotopic (exact) mass is 873 g/mol. The number of nitrogens with two attached hydrogens (primary N) is 1. The zero-order valence-electron chi connectivity index (χ0n) is 21.9. The Balaban J connectivity index is 0. The van der Waals surface area contributed by atoms with Gasteiger partial charge in [0.25, 0.3) is 0 Å². The van der Waals surface area contributed by atoms with E-state index in [1.165, 1.54) is 0 Å². The van der Waals surface area contributed by atoms with Crippen LogP contribution < -0.4 is 29.3 Å². The van der Waals surface area contributed by atoms with Crippen molar-refractivity contribution in [1.29, 1.82) is 0 Å². The van der Waals surface area contributed by atoms with Gasteiger partial charge in [0.1, 0.15) is 6.04 Å². The highest BCUT2D eigenvalue weighted by molar-refractivity contribution is 5.20. The van der Waals surface area contributed by atoms with Gasteiger partial charge in [-0.15, -0.1) is 0 Å². The van der Waals surface area contributed by atoms with Crippen LogP contribution in [-0.2, 0) is 0 Å². The number of hydrogen-bond donors (Lipinski definition) is 4. The van der Waals surface area contributed by atoms with Crippen molar-refractivity contribution in [2.75, 3.05) is 19.8 Å². The zero-order chi connectivity index (χ0) is 37.6. The minimum absolute atomic E-state index is 0. The normalized spacial score (nSPS) is 17.0. The molecule has 0 radical (unpaired) electrons. The van der Waals surface area contributed by atoms with E-state index in [0.717, 1.165) is 5.32 Å². The fraction of sp³-hybridized carbons (Fsp3) is 1.00. The molecule has 0 aromatic rings. The van der Waals surface area contributed by atoms with E-state index in [2.05, 4.69) is 0 Å². The molecule has 0 spiro atoms. The Morgan fingerprint density at radius 1 is 0.468 bits per heavy atom. The second kappa shape index (κ2) is 14.3. The Bertz CT molecular complexity index is 1000. The number of alkyl halides is 23. The first-order valence-electron chi connectivity index (χ1n) is 11.5. The lowest BCUT2D eigenvalue weighted by Gasteiger charge is -2.46. The lowest BCUT2D eigenvalue weighted by molar-refractivity contribution is -0.692. The van der Waals surface area contributed by atoms with E-state index in [1.54, 1.807) is 0 Å². The van der Waals surface area contributed by atoms with E-state index < -0.39 is 110 Å². The van der Waals surface area contributed by atoms with Crippen LogP contribution >= 0.6 is 0 Å². The molecule has 4 nitrogen and oxygen atoms in total. The third-order valence-corrected chi connectivity index (χ3v) is 6.27. The molecule has 5 N–H and O–H groups in total. The quantitative estimate of drug-likeness (QED) is 0.134. The van der Waals surface area contributed by atoms with Crippen molar-refractivity contribution in [2.24, 2.45) is 0 Å². The van der Waals surface area contributed by atoms with Gasteiger partial charge in [-0.1, -0.05) is 0 Å². The molecule has 0 amide bonds. The molecule has 0 rings (SSSR count). The number of aliphatic hydroxyl groups excluding tert-OH is 3. The molecule has 0 saturated carbocycles. The van der Waals surface area contributed by atoms with Crippen molar-refractivity contribution in [3.63, 3.8) is 0 Å². The number of rotatable bonds is 17. The van der Waals surface area contributed by atoms with Crippen molar-refractivity contribution in [2.45, 2.75) is 96.8 Å². The minimum Gasteiger partial charge on any atom is -1.00 e. The second-order valence-corrected chi connectivity index (χ2v) is 9.51. The first kappa shape index (κ1) is 48.1. The molecule has 47 heavy (non-hydrogen) atoms. The summed E-state index contributed by atoms with van der Waals surface area (Å²) >= 11 is 0. The van der Waals surface area contributed by atoms with Gasteiger partial charge in [0.05, 0.1) is 19.3 Å². The largest absolute Gasteiger partial charge is 1.00 e. The van der Waals surface area contributed by atoms with Crippen molar-refractivity contribution in [3.8, 4) is 0 Å². The van der Waals surface area contributed by atoms with E-state index >= 15 is 0 Å². The average Bonchev–Trinajstić information content (AvgIpc) is 2.84. The predicted octanol–water partition coefficient (Wildman–Crippen LogP) is 2.35. The molecule has 0 aromatic carbocycles. The molecule has 0 heterocycles. The van der Waals surface area contributed by atoms with Gasteiger partial charge < -0.3 is 44.6 Å². The summed E-state index contributed by atoms with van der Waals surface area (Å²) < 4.78 is 310. The van der Waals surface area contributed by atoms with Crippen LogP contribution in [0.3, 0.4) is 0 Å². The van der Waals surface area contributed by atoms with Crippen molar-refractivity contribution >= 4 is 0 Å². The summed E-state index contributed by atoms with van der Waals surface area (Å²) in [6, 6.07) is -0.980. The van der Waals surface area contributed by atoms with Gasteiger partial charge in [0.2, 0.25) is 0 Å². The van der Waals surface area contributed by atoms with E-state index in [1.807, 2.05) is 0 Å². The van der Waals surface area contributed by atoms with Crippen LogP contribution in [-0.4, -0.2) is 113 Å². The summed E-state index contributed by atoms with van der Waals surface area (Å²) in [5.74, 6) is -71.2. The average molecular weight is 873 g/mol. The Morgan fingerprint density at radius 3 is 1.09 bits per heavy atom. The molecule has 0 bridgehead atoms. The standard InChI is InChI=1S/C19H18F23NO3.HI/c20-9(21,5-8(46)1-3-43-7(6-45)2-4-44)11(23,24)13(27,28)15(31,32)17(35,36)16(33,34)14(29,30)12(25,26)10(22,18(37,38)39)19(40,41)42;/h7-8,43-46H,1-6H2;1H. The van der Waals surface area contributed by atoms with Crippen LogP contribution in [0.15, 0.2) is 0 Å². The van der Waals surface area contributed by atoms with E-state index in [0.29, 0.717) is 0 Å². The molecule has 2 unspecified atom stereocenters. The lowest BCUT2D eigenvalue weighted by Crippen LogP contribution is -3.00. The molecule has 0 aliphatic carbocycles. The fourth-order valence-electron chi connectivity index (χ4n) is 3.45. The van der Waals surface area contributed by atoms with Crippen molar-refractivity contribution < 1.29 is 146 Å². The van der Waals surface area contributed by atoms with E-state index in [4.69, 9.17) is 10.2 Å². The summed E-state index contributed by atoms with van der Waals surface area (Å²) in [4.78, 5) is 0. The first-order valence-corrected chi connectivity index (χ1v) is 11.5. The summed E-state index contributed by atoms with van der Waals surface area (Å²) in [5, 5.41) is 27.8. The molecular formula is C19H19F23INO3. The molecule has 28 heteroatoms. The smallest absolute Gasteiger partial charge is 0.438 e. The number of quaternary nitrogens is 1. The molecular weight excluding hydrogens is 854 g/mol. The number of hydrogen-bond acceptors (Lipinski definition) is 3. The van der Waals surface area contributed by atoms with Crippen LogP contribution in [0.2, 0.25) is 0 Å². The van der Waals surface area contributed by atoms with Crippen LogP contribution in [0.5, 0.6) is 0 Å². The molecule has 2 atom stereocenters. The topological polar surface area (TPSA) is 77.3 Å². The van der Waals surface area contributed by atoms with Gasteiger partial charge in [0.15, 0.2) is 0 Å². The third kappa shape index (κ3) is 7.53. The lowest BCUT2D eigenvalue weighted by atomic mass is 9.82. The maximum absolute atomic E-state index is 14.0. The highest BCUT2D eigenvalue weighted by atomic mass is 127. The Hall–Kier alpha value is -1.04.